The van der Waals surface area contributed by atoms with E-state index in [0.717, 1.165) is 5.56 Å². The number of carbonyl (C=O) groups is 1. The number of ether oxygens (including phenoxy) is 2. The molecule has 0 atom stereocenters. The van der Waals surface area contributed by atoms with E-state index in [0.29, 0.717) is 46.7 Å². The Morgan fingerprint density at radius 1 is 1.25 bits per heavy atom. The van der Waals surface area contributed by atoms with Crippen molar-refractivity contribution in [2.24, 2.45) is 11.7 Å². The molecule has 1 aromatic rings. The summed E-state index contributed by atoms with van der Waals surface area (Å²) in [5.41, 5.74) is 8.57. The maximum atomic E-state index is 12.2. The van der Waals surface area contributed by atoms with E-state index in [1.807, 2.05) is 38.0 Å². The largest absolute Gasteiger partial charge is 0.493 e. The van der Waals surface area contributed by atoms with Crippen LogP contribution in [0.4, 0.5) is 0 Å². The number of nitrogens with zero attached hydrogens (tertiary/aromatic N) is 1. The van der Waals surface area contributed by atoms with Crippen LogP contribution < -0.4 is 15.2 Å². The quantitative estimate of drug-likeness (QED) is 0.580. The number of benzene rings is 1. The van der Waals surface area contributed by atoms with Crippen LogP contribution in [0.2, 0.25) is 0 Å². The number of hydrogen-bond donors (Lipinski definition) is 1. The molecule has 2 N–H and O–H groups in total. The standard InChI is InChI=1S/C22H24N2O4/c1-14-8-18(12-25)9-15(2)24(14)19(22(23)26)10-17-6-7-20(27-3)21(11-17)28-13-16-4-5-16/h6-11,16H,4-5,13H2,1-3H3,(H2,23,26)/b19-10+. The molecule has 0 bridgehead atoms. The van der Waals surface area contributed by atoms with Gasteiger partial charge in [0.25, 0.3) is 5.91 Å². The van der Waals surface area contributed by atoms with Crippen molar-refractivity contribution in [3.8, 4) is 11.5 Å². The van der Waals surface area contributed by atoms with Crippen LogP contribution in [-0.4, -0.2) is 30.5 Å². The monoisotopic (exact) mass is 380 g/mol. The number of nitrogens with two attached hydrogens (primary N) is 1. The Morgan fingerprint density at radius 3 is 2.46 bits per heavy atom. The highest BCUT2D eigenvalue weighted by Crippen LogP contribution is 2.34. The molecule has 1 amide bonds. The summed E-state index contributed by atoms with van der Waals surface area (Å²) in [6, 6.07) is 5.48. The second-order valence-corrected chi connectivity index (χ2v) is 7.02. The summed E-state index contributed by atoms with van der Waals surface area (Å²) in [5, 5.41) is 0. The van der Waals surface area contributed by atoms with Gasteiger partial charge in [-0.25, -0.2) is 4.79 Å². The van der Waals surface area contributed by atoms with Crippen molar-refractivity contribution in [2.75, 3.05) is 13.7 Å². The number of hydrogen-bond acceptors (Lipinski definition) is 5. The van der Waals surface area contributed by atoms with Crippen molar-refractivity contribution >= 4 is 17.9 Å². The zero-order valence-corrected chi connectivity index (χ0v) is 16.3. The van der Waals surface area contributed by atoms with Gasteiger partial charge in [0.1, 0.15) is 11.6 Å². The normalized spacial score (nSPS) is 16.9. The first-order valence-electron chi connectivity index (χ1n) is 9.17. The van der Waals surface area contributed by atoms with E-state index >= 15 is 0 Å². The summed E-state index contributed by atoms with van der Waals surface area (Å²) in [7, 11) is 1.60. The maximum Gasteiger partial charge on any atom is 0.265 e. The molecular weight excluding hydrogens is 356 g/mol. The highest BCUT2D eigenvalue weighted by molar-refractivity contribution is 5.97. The molecule has 6 heteroatoms. The van der Waals surface area contributed by atoms with Crippen LogP contribution >= 0.6 is 0 Å². The summed E-state index contributed by atoms with van der Waals surface area (Å²) in [5.74, 6) is 3.19. The third-order valence-corrected chi connectivity index (χ3v) is 4.71. The van der Waals surface area contributed by atoms with E-state index in [-0.39, 0.29) is 0 Å². The highest BCUT2D eigenvalue weighted by atomic mass is 16.5. The van der Waals surface area contributed by atoms with Gasteiger partial charge < -0.3 is 20.1 Å². The molecule has 1 aliphatic carbocycles. The summed E-state index contributed by atoms with van der Waals surface area (Å²) in [6.45, 7) is 4.27. The second-order valence-electron chi connectivity index (χ2n) is 7.02. The number of carbonyl (C=O) groups excluding carboxylic acids is 2. The van der Waals surface area contributed by atoms with Gasteiger partial charge in [0, 0.05) is 11.4 Å². The summed E-state index contributed by atoms with van der Waals surface area (Å²) < 4.78 is 11.3. The van der Waals surface area contributed by atoms with Crippen LogP contribution in [0.3, 0.4) is 0 Å². The zero-order valence-electron chi connectivity index (χ0n) is 16.3. The molecule has 146 valence electrons. The Hall–Kier alpha value is -3.24. The van der Waals surface area contributed by atoms with E-state index in [2.05, 4.69) is 0 Å². The van der Waals surface area contributed by atoms with E-state index in [9.17, 15) is 9.59 Å². The summed E-state index contributed by atoms with van der Waals surface area (Å²) >= 11 is 0. The molecule has 3 rings (SSSR count). The average molecular weight is 380 g/mol. The first kappa shape index (κ1) is 19.5. The van der Waals surface area contributed by atoms with Crippen LogP contribution in [-0.2, 0) is 9.59 Å². The lowest BCUT2D eigenvalue weighted by molar-refractivity contribution is -0.115. The van der Waals surface area contributed by atoms with Crippen molar-refractivity contribution in [3.63, 3.8) is 0 Å². The Kier molecular flexibility index (Phi) is 5.71. The molecule has 0 saturated heterocycles. The first-order valence-corrected chi connectivity index (χ1v) is 9.17. The van der Waals surface area contributed by atoms with E-state index < -0.39 is 5.91 Å². The van der Waals surface area contributed by atoms with Crippen LogP contribution in [0.25, 0.3) is 6.08 Å². The minimum atomic E-state index is -0.574. The molecule has 1 heterocycles. The van der Waals surface area contributed by atoms with Crippen molar-refractivity contribution in [1.29, 1.82) is 0 Å². The molecule has 6 nitrogen and oxygen atoms in total. The molecule has 0 spiro atoms. The Labute approximate surface area is 164 Å². The molecule has 1 saturated carbocycles. The van der Waals surface area contributed by atoms with Gasteiger partial charge in [0.05, 0.1) is 19.3 Å². The first-order chi connectivity index (χ1) is 13.4. The fourth-order valence-electron chi connectivity index (χ4n) is 3.13. The molecule has 1 aromatic carbocycles. The minimum absolute atomic E-state index is 0.297. The Bertz CT molecular complexity index is 910. The van der Waals surface area contributed by atoms with Crippen molar-refractivity contribution < 1.29 is 19.1 Å². The van der Waals surface area contributed by atoms with Crippen molar-refractivity contribution in [2.45, 2.75) is 26.7 Å². The number of rotatable bonds is 7. The van der Waals surface area contributed by atoms with E-state index in [1.54, 1.807) is 30.2 Å². The highest BCUT2D eigenvalue weighted by Gasteiger charge is 2.24. The molecular formula is C22H24N2O4. The molecule has 0 aromatic heterocycles. The lowest BCUT2D eigenvalue weighted by atomic mass is 10.1. The van der Waals surface area contributed by atoms with Crippen molar-refractivity contribution in [1.82, 2.24) is 4.90 Å². The topological polar surface area (TPSA) is 81.9 Å². The predicted molar refractivity (Wildman–Crippen MR) is 107 cm³/mol. The van der Waals surface area contributed by atoms with Crippen molar-refractivity contribution in [3.05, 3.63) is 58.6 Å². The van der Waals surface area contributed by atoms with Gasteiger partial charge >= 0.3 is 0 Å². The molecule has 2 aliphatic rings. The smallest absolute Gasteiger partial charge is 0.265 e. The number of amides is 1. The second kappa shape index (κ2) is 8.19. The average Bonchev–Trinajstić information content (AvgIpc) is 3.49. The number of primary amides is 1. The fourth-order valence-corrected chi connectivity index (χ4v) is 3.13. The number of methoxy groups -OCH3 is 1. The van der Waals surface area contributed by atoms with Gasteiger partial charge in [-0.3, -0.25) is 4.79 Å². The van der Waals surface area contributed by atoms with Gasteiger partial charge in [-0.1, -0.05) is 6.07 Å². The van der Waals surface area contributed by atoms with Crippen LogP contribution in [0.5, 0.6) is 11.5 Å². The van der Waals surface area contributed by atoms with Crippen LogP contribution in [0, 0.1) is 5.92 Å². The molecule has 0 unspecified atom stereocenters. The van der Waals surface area contributed by atoms with Gasteiger partial charge in [0.2, 0.25) is 0 Å². The SMILES string of the molecule is COc1ccc(/C=C(\C(N)=O)N2C(C)=CC(=C=O)C=C2C)cc1OCC1CC1. The Balaban J connectivity index is 1.96. The summed E-state index contributed by atoms with van der Waals surface area (Å²) in [6.07, 6.45) is 7.41. The third kappa shape index (κ3) is 4.35. The fraction of sp³-hybridized carbons (Fsp3) is 0.318. The molecule has 28 heavy (non-hydrogen) atoms. The third-order valence-electron chi connectivity index (χ3n) is 4.71. The number of allylic oxidation sites excluding steroid dienone is 5. The Morgan fingerprint density at radius 2 is 1.93 bits per heavy atom. The van der Waals surface area contributed by atoms with E-state index in [4.69, 9.17) is 15.2 Å². The van der Waals surface area contributed by atoms with Gasteiger partial charge in [-0.15, -0.1) is 0 Å². The zero-order chi connectivity index (χ0) is 20.3. The van der Waals surface area contributed by atoms with Gasteiger partial charge in [-0.05, 0) is 68.5 Å². The van der Waals surface area contributed by atoms with Gasteiger partial charge in [-0.2, -0.15) is 0 Å². The van der Waals surface area contributed by atoms with E-state index in [1.165, 1.54) is 12.8 Å². The lowest BCUT2D eigenvalue weighted by Gasteiger charge is -2.29. The molecule has 0 radical (unpaired) electrons. The van der Waals surface area contributed by atoms with Gasteiger partial charge in [0.15, 0.2) is 11.5 Å². The molecule has 1 fully saturated rings. The van der Waals surface area contributed by atoms with Crippen LogP contribution in [0.15, 0.2) is 53.0 Å². The molecule has 1 aliphatic heterocycles. The summed E-state index contributed by atoms with van der Waals surface area (Å²) in [4.78, 5) is 24.9. The minimum Gasteiger partial charge on any atom is -0.493 e. The maximum absolute atomic E-state index is 12.2. The lowest BCUT2D eigenvalue weighted by Crippen LogP contribution is -2.30. The van der Waals surface area contributed by atoms with Crippen LogP contribution in [0.1, 0.15) is 32.3 Å². The predicted octanol–water partition coefficient (Wildman–Crippen LogP) is 3.19.